The van der Waals surface area contributed by atoms with Gasteiger partial charge < -0.3 is 19.4 Å². The van der Waals surface area contributed by atoms with Crippen LogP contribution in [0.25, 0.3) is 43.8 Å². The lowest BCUT2D eigenvalue weighted by Gasteiger charge is -2.35. The number of carbonyl (C=O) groups excluding carboxylic acids is 1. The molecule has 5 heterocycles. The number of nitrogens with one attached hydrogen (secondary N) is 2. The molecule has 0 bridgehead atoms. The van der Waals surface area contributed by atoms with Crippen LogP contribution in [0.2, 0.25) is 0 Å². The number of carbonyl (C=O) groups is 1. The van der Waals surface area contributed by atoms with E-state index >= 15 is 0 Å². The molecule has 0 unspecified atom stereocenters. The van der Waals surface area contributed by atoms with Crippen molar-refractivity contribution in [2.75, 3.05) is 51.3 Å². The van der Waals surface area contributed by atoms with Gasteiger partial charge in [0.05, 0.1) is 34.3 Å². The number of amides is 1. The van der Waals surface area contributed by atoms with Gasteiger partial charge in [-0.25, -0.2) is 0 Å². The molecule has 2 N–H and O–H groups in total. The predicted octanol–water partition coefficient (Wildman–Crippen LogP) is 3.67. The molecule has 210 valence electrons. The smallest absolute Gasteiger partial charge is 0.319 e. The topological polar surface area (TPSA) is 119 Å². The number of fused-ring (bicyclic) bond motifs is 4. The van der Waals surface area contributed by atoms with Crippen molar-refractivity contribution in [1.29, 1.82) is 0 Å². The molecule has 1 amide bonds. The van der Waals surface area contributed by atoms with Crippen molar-refractivity contribution in [2.24, 2.45) is 0 Å². The largest absolute Gasteiger partial charge is 0.462 e. The highest BCUT2D eigenvalue weighted by Gasteiger charge is 2.27. The molecule has 0 aliphatic carbocycles. The van der Waals surface area contributed by atoms with Crippen LogP contribution in [0.1, 0.15) is 18.4 Å². The SMILES string of the molecule is C=CC(=O)N1CCN(c2nc(OC[C@@H]3CCCN3C)nc3cc(-c4c(C)ccc5[nH]ncc45)c4cn[nH]c4c23)CC1. The molecule has 11 heteroatoms. The van der Waals surface area contributed by atoms with Gasteiger partial charge in [-0.05, 0) is 68.3 Å². The van der Waals surface area contributed by atoms with Crippen LogP contribution in [0.4, 0.5) is 5.82 Å². The quantitative estimate of drug-likeness (QED) is 0.307. The maximum absolute atomic E-state index is 12.2. The van der Waals surface area contributed by atoms with E-state index in [9.17, 15) is 4.79 Å². The first kappa shape index (κ1) is 25.5. The van der Waals surface area contributed by atoms with Crippen LogP contribution in [0, 0.1) is 6.92 Å². The molecule has 0 radical (unpaired) electrons. The van der Waals surface area contributed by atoms with E-state index in [2.05, 4.69) is 68.9 Å². The van der Waals surface area contributed by atoms with E-state index in [4.69, 9.17) is 14.7 Å². The fraction of sp³-hybridized carbons (Fsp3) is 0.367. The Labute approximate surface area is 237 Å². The average molecular weight is 552 g/mol. The summed E-state index contributed by atoms with van der Waals surface area (Å²) in [6.07, 6.45) is 7.38. The number of anilines is 1. The van der Waals surface area contributed by atoms with E-state index in [-0.39, 0.29) is 5.91 Å². The molecule has 2 aromatic carbocycles. The molecule has 7 rings (SSSR count). The summed E-state index contributed by atoms with van der Waals surface area (Å²) in [5, 5.41) is 18.0. The van der Waals surface area contributed by atoms with Gasteiger partial charge in [-0.1, -0.05) is 12.6 Å². The van der Waals surface area contributed by atoms with Crippen LogP contribution in [0.15, 0.2) is 43.2 Å². The molecule has 2 aliphatic rings. The average Bonchev–Trinajstić information content (AvgIpc) is 3.76. The lowest BCUT2D eigenvalue weighted by Crippen LogP contribution is -2.48. The number of nitrogens with zero attached hydrogens (tertiary/aromatic N) is 7. The number of aromatic amines is 2. The second-order valence-corrected chi connectivity index (χ2v) is 11.0. The van der Waals surface area contributed by atoms with Crippen LogP contribution >= 0.6 is 0 Å². The first-order valence-electron chi connectivity index (χ1n) is 14.1. The van der Waals surface area contributed by atoms with E-state index < -0.39 is 0 Å². The van der Waals surface area contributed by atoms with Crippen LogP contribution < -0.4 is 9.64 Å². The van der Waals surface area contributed by atoms with Crippen molar-refractivity contribution in [1.82, 2.24) is 40.2 Å². The first-order chi connectivity index (χ1) is 20.0. The molecule has 5 aromatic rings. The Morgan fingerprint density at radius 1 is 1.10 bits per heavy atom. The molecule has 0 saturated carbocycles. The first-order valence-corrected chi connectivity index (χ1v) is 14.1. The predicted molar refractivity (Wildman–Crippen MR) is 159 cm³/mol. The third kappa shape index (κ3) is 4.37. The highest BCUT2D eigenvalue weighted by molar-refractivity contribution is 6.17. The molecule has 3 aromatic heterocycles. The minimum absolute atomic E-state index is 0.0497. The summed E-state index contributed by atoms with van der Waals surface area (Å²) in [7, 11) is 2.14. The number of aromatic nitrogens is 6. The number of piperazine rings is 1. The minimum Gasteiger partial charge on any atom is -0.462 e. The molecule has 41 heavy (non-hydrogen) atoms. The van der Waals surface area contributed by atoms with Gasteiger partial charge in [-0.15, -0.1) is 0 Å². The number of rotatable bonds is 6. The van der Waals surface area contributed by atoms with Gasteiger partial charge in [-0.2, -0.15) is 20.2 Å². The third-order valence-electron chi connectivity index (χ3n) is 8.60. The molecule has 2 aliphatic heterocycles. The van der Waals surface area contributed by atoms with Gasteiger partial charge in [0.15, 0.2) is 0 Å². The summed E-state index contributed by atoms with van der Waals surface area (Å²) in [5.74, 6) is 0.737. The molecule has 1 atom stereocenters. The number of hydrogen-bond donors (Lipinski definition) is 2. The number of H-pyrrole nitrogens is 2. The van der Waals surface area contributed by atoms with E-state index in [1.165, 1.54) is 12.5 Å². The van der Waals surface area contributed by atoms with Gasteiger partial charge in [0.2, 0.25) is 5.91 Å². The third-order valence-corrected chi connectivity index (χ3v) is 8.60. The second-order valence-electron chi connectivity index (χ2n) is 11.0. The zero-order chi connectivity index (χ0) is 28.1. The van der Waals surface area contributed by atoms with Gasteiger partial charge in [0.1, 0.15) is 12.4 Å². The summed E-state index contributed by atoms with van der Waals surface area (Å²) >= 11 is 0. The van der Waals surface area contributed by atoms with Gasteiger partial charge in [-0.3, -0.25) is 15.0 Å². The Kier molecular flexibility index (Phi) is 6.30. The minimum atomic E-state index is -0.0497. The van der Waals surface area contributed by atoms with Crippen molar-refractivity contribution < 1.29 is 9.53 Å². The summed E-state index contributed by atoms with van der Waals surface area (Å²) in [5.41, 5.74) is 5.89. The Morgan fingerprint density at radius 2 is 1.90 bits per heavy atom. The number of likely N-dealkylation sites (tertiary alicyclic amines) is 1. The number of hydrogen-bond acceptors (Lipinski definition) is 8. The summed E-state index contributed by atoms with van der Waals surface area (Å²) in [6, 6.07) is 6.99. The van der Waals surface area contributed by atoms with Crippen LogP contribution in [-0.2, 0) is 4.79 Å². The molecule has 0 spiro atoms. The van der Waals surface area contributed by atoms with Crippen molar-refractivity contribution >= 4 is 44.4 Å². The Bertz CT molecular complexity index is 1780. The van der Waals surface area contributed by atoms with E-state index in [1.807, 2.05) is 17.3 Å². The molecular formula is C30H33N9O2. The summed E-state index contributed by atoms with van der Waals surface area (Å²) in [4.78, 5) is 28.6. The second kappa shape index (κ2) is 10.2. The van der Waals surface area contributed by atoms with Gasteiger partial charge in [0.25, 0.3) is 0 Å². The molecule has 2 saturated heterocycles. The normalized spacial score (nSPS) is 18.1. The fourth-order valence-corrected chi connectivity index (χ4v) is 6.30. The standard InChI is InChI=1S/C30H33N9O2/c1-4-25(40)38-10-12-39(13-11-38)29-27-24(33-30(34-29)41-17-19-6-5-9-37(19)3)14-20(21-15-32-36-28(21)27)26-18(2)7-8-23-22(26)16-31-35-23/h4,7-8,14-16,19H,1,5-6,9-13,17H2,2-3H3,(H,31,35)(H,32,36)/t19-/m0/s1. The molecule has 2 fully saturated rings. The molecule has 11 nitrogen and oxygen atoms in total. The van der Waals surface area contributed by atoms with Crippen molar-refractivity contribution in [2.45, 2.75) is 25.8 Å². The van der Waals surface area contributed by atoms with E-state index in [1.54, 1.807) is 0 Å². The van der Waals surface area contributed by atoms with Crippen LogP contribution in [0.5, 0.6) is 6.01 Å². The summed E-state index contributed by atoms with van der Waals surface area (Å²) in [6.45, 7) is 9.83. The van der Waals surface area contributed by atoms with Crippen molar-refractivity contribution in [3.05, 3.63) is 48.8 Å². The van der Waals surface area contributed by atoms with Crippen LogP contribution in [-0.4, -0.2) is 98.5 Å². The zero-order valence-electron chi connectivity index (χ0n) is 23.4. The number of ether oxygens (including phenoxy) is 1. The highest BCUT2D eigenvalue weighted by Crippen LogP contribution is 2.41. The monoisotopic (exact) mass is 551 g/mol. The maximum Gasteiger partial charge on any atom is 0.319 e. The number of aryl methyl sites for hydroxylation is 1. The van der Waals surface area contributed by atoms with E-state index in [0.29, 0.717) is 44.8 Å². The number of benzene rings is 2. The fourth-order valence-electron chi connectivity index (χ4n) is 6.30. The van der Waals surface area contributed by atoms with Crippen molar-refractivity contribution in [3.8, 4) is 17.1 Å². The van der Waals surface area contributed by atoms with E-state index in [0.717, 1.165) is 68.2 Å². The highest BCUT2D eigenvalue weighted by atomic mass is 16.5. The lowest BCUT2D eigenvalue weighted by atomic mass is 9.93. The van der Waals surface area contributed by atoms with Gasteiger partial charge >= 0.3 is 6.01 Å². The van der Waals surface area contributed by atoms with Gasteiger partial charge in [0, 0.05) is 43.0 Å². The summed E-state index contributed by atoms with van der Waals surface area (Å²) < 4.78 is 6.29. The van der Waals surface area contributed by atoms with Crippen LogP contribution in [0.3, 0.4) is 0 Å². The zero-order valence-corrected chi connectivity index (χ0v) is 23.4. The maximum atomic E-state index is 12.2. The van der Waals surface area contributed by atoms with Crippen molar-refractivity contribution in [3.63, 3.8) is 0 Å². The Morgan fingerprint density at radius 3 is 2.68 bits per heavy atom. The Balaban J connectivity index is 1.38. The Hall–Kier alpha value is -4.51. The lowest BCUT2D eigenvalue weighted by molar-refractivity contribution is -0.126. The molecular weight excluding hydrogens is 518 g/mol. The number of likely N-dealkylation sites (N-methyl/N-ethyl adjacent to an activating group) is 1.